The number of carbonyl (C=O) groups is 3. The first-order valence-corrected chi connectivity index (χ1v) is 9.44. The van der Waals surface area contributed by atoms with Crippen molar-refractivity contribution in [3.8, 4) is 0 Å². The van der Waals surface area contributed by atoms with Gasteiger partial charge in [0.15, 0.2) is 10.8 Å². The van der Waals surface area contributed by atoms with E-state index in [1.807, 2.05) is 0 Å². The summed E-state index contributed by atoms with van der Waals surface area (Å²) in [4.78, 5) is 43.6. The van der Waals surface area contributed by atoms with E-state index in [1.165, 1.54) is 19.2 Å². The predicted molar refractivity (Wildman–Crippen MR) is 102 cm³/mol. The molecule has 0 radical (unpaired) electrons. The summed E-state index contributed by atoms with van der Waals surface area (Å²) in [6.07, 6.45) is -0.353. The van der Waals surface area contributed by atoms with Gasteiger partial charge in [-0.05, 0) is 26.7 Å². The molecular formula is C15H21BN4O8S. The number of nitrogens with one attached hydrogen (secondary N) is 1. The number of aliphatic carboxylic acids is 2. The number of rotatable bonds is 8. The van der Waals surface area contributed by atoms with Crippen molar-refractivity contribution >= 4 is 47.1 Å². The van der Waals surface area contributed by atoms with Gasteiger partial charge in [-0.25, -0.2) is 9.78 Å². The molecule has 12 nitrogen and oxygen atoms in total. The molecule has 0 spiro atoms. The number of carboxylic acid groups (broad SMARTS) is 2. The van der Waals surface area contributed by atoms with Gasteiger partial charge in [-0.3, -0.25) is 9.59 Å². The number of nitrogens with zero attached hydrogens (tertiary/aromatic N) is 2. The third-order valence-corrected chi connectivity index (χ3v) is 4.73. The van der Waals surface area contributed by atoms with E-state index in [2.05, 4.69) is 15.5 Å². The van der Waals surface area contributed by atoms with Crippen LogP contribution in [0.25, 0.3) is 0 Å². The first-order chi connectivity index (χ1) is 13.5. The second kappa shape index (κ2) is 9.20. The van der Waals surface area contributed by atoms with Gasteiger partial charge >= 0.3 is 19.1 Å². The van der Waals surface area contributed by atoms with Gasteiger partial charge in [-0.15, -0.1) is 11.3 Å². The zero-order chi connectivity index (χ0) is 21.8. The van der Waals surface area contributed by atoms with Gasteiger partial charge in [0.1, 0.15) is 5.69 Å². The number of hydrogen-bond donors (Lipinski definition) is 5. The van der Waals surface area contributed by atoms with Gasteiger partial charge in [0.25, 0.3) is 5.91 Å². The Morgan fingerprint density at radius 1 is 1.45 bits per heavy atom. The fraction of sp³-hybridized carbons (Fsp3) is 0.533. The van der Waals surface area contributed by atoms with Crippen LogP contribution in [0.1, 0.15) is 38.8 Å². The Hall–Kier alpha value is -2.71. The molecule has 2 rings (SSSR count). The van der Waals surface area contributed by atoms with Crippen LogP contribution in [0.3, 0.4) is 0 Å². The maximum absolute atomic E-state index is 12.7. The summed E-state index contributed by atoms with van der Waals surface area (Å²) >= 11 is 1.05. The monoisotopic (exact) mass is 428 g/mol. The molecule has 2 heterocycles. The van der Waals surface area contributed by atoms with Crippen molar-refractivity contribution in [1.82, 2.24) is 10.3 Å². The molecule has 0 aromatic carbocycles. The molecule has 1 amide bonds. The van der Waals surface area contributed by atoms with Crippen molar-refractivity contribution in [2.24, 2.45) is 5.16 Å². The lowest BCUT2D eigenvalue weighted by Gasteiger charge is -2.30. The minimum Gasteiger partial charge on any atom is -0.481 e. The minimum atomic E-state index is -1.70. The van der Waals surface area contributed by atoms with Crippen LogP contribution < -0.4 is 11.1 Å². The summed E-state index contributed by atoms with van der Waals surface area (Å²) in [7, 11) is -1.42. The summed E-state index contributed by atoms with van der Waals surface area (Å²) in [5, 5.41) is 35.8. The number of anilines is 1. The lowest BCUT2D eigenvalue weighted by atomic mass is 9.72. The fourth-order valence-electron chi connectivity index (χ4n) is 2.39. The van der Waals surface area contributed by atoms with E-state index in [0.29, 0.717) is 6.42 Å². The normalized spacial score (nSPS) is 20.2. The van der Waals surface area contributed by atoms with E-state index in [0.717, 1.165) is 11.3 Å². The fourth-order valence-corrected chi connectivity index (χ4v) is 2.94. The van der Waals surface area contributed by atoms with E-state index in [9.17, 15) is 19.4 Å². The van der Waals surface area contributed by atoms with E-state index in [1.54, 1.807) is 0 Å². The van der Waals surface area contributed by atoms with E-state index >= 15 is 0 Å². The van der Waals surface area contributed by atoms with Crippen molar-refractivity contribution in [1.29, 1.82) is 0 Å². The zero-order valence-corrected chi connectivity index (χ0v) is 16.5. The highest BCUT2D eigenvalue weighted by Crippen LogP contribution is 2.20. The molecule has 29 heavy (non-hydrogen) atoms. The Balaban J connectivity index is 2.14. The molecule has 1 aromatic heterocycles. The number of thiazole rings is 1. The Labute approximate surface area is 169 Å². The SMILES string of the molecule is CC(C)(ON=C(C(=O)NC1CCC(CC(=O)O)OB1O)c1csc(N)n1)C(=O)O. The zero-order valence-electron chi connectivity index (χ0n) is 15.7. The molecule has 2 atom stereocenters. The number of carbonyl (C=O) groups excluding carboxylic acids is 1. The number of nitrogen functional groups attached to an aromatic ring is 1. The number of hydrogen-bond acceptors (Lipinski definition) is 10. The highest BCUT2D eigenvalue weighted by atomic mass is 32.1. The van der Waals surface area contributed by atoms with Crippen LogP contribution in [0.5, 0.6) is 0 Å². The average Bonchev–Trinajstić information content (AvgIpc) is 3.03. The number of amides is 1. The molecule has 0 saturated carbocycles. The van der Waals surface area contributed by atoms with Crippen molar-refractivity contribution in [3.63, 3.8) is 0 Å². The third kappa shape index (κ3) is 6.14. The molecular weight excluding hydrogens is 407 g/mol. The summed E-state index contributed by atoms with van der Waals surface area (Å²) < 4.78 is 5.22. The van der Waals surface area contributed by atoms with Crippen LogP contribution in [0.2, 0.25) is 0 Å². The Bertz CT molecular complexity index is 814. The van der Waals surface area contributed by atoms with Crippen LogP contribution >= 0.6 is 11.3 Å². The number of carboxylic acids is 2. The Morgan fingerprint density at radius 2 is 2.14 bits per heavy atom. The van der Waals surface area contributed by atoms with E-state index < -0.39 is 42.6 Å². The molecule has 0 bridgehead atoms. The largest absolute Gasteiger partial charge is 0.481 e. The van der Waals surface area contributed by atoms with Crippen LogP contribution in [0.4, 0.5) is 5.13 Å². The molecule has 158 valence electrons. The van der Waals surface area contributed by atoms with Gasteiger partial charge in [0.05, 0.1) is 18.5 Å². The van der Waals surface area contributed by atoms with E-state index in [-0.39, 0.29) is 29.4 Å². The standard InChI is InChI=1S/C15H21BN4O8S/c1-15(2,13(24)25)28-20-11(8-6-29-14(17)18-8)12(23)19-9-4-3-7(5-10(21)22)27-16(9)26/h6-7,9,26H,3-5H2,1-2H3,(H2,17,18)(H,19,23)(H,21,22)(H,24,25). The topological polar surface area (TPSA) is 194 Å². The molecule has 14 heteroatoms. The molecule has 0 aliphatic carbocycles. The molecule has 1 aromatic rings. The maximum atomic E-state index is 12.7. The molecule has 6 N–H and O–H groups in total. The first-order valence-electron chi connectivity index (χ1n) is 8.56. The van der Waals surface area contributed by atoms with Gasteiger partial charge in [-0.1, -0.05) is 5.16 Å². The average molecular weight is 428 g/mol. The number of oxime groups is 1. The third-order valence-electron chi connectivity index (χ3n) is 4.05. The Kier molecular flexibility index (Phi) is 7.16. The van der Waals surface area contributed by atoms with Crippen LogP contribution in [0.15, 0.2) is 10.5 Å². The summed E-state index contributed by atoms with van der Waals surface area (Å²) in [6.45, 7) is 2.51. The molecule has 1 aliphatic rings. The summed E-state index contributed by atoms with van der Waals surface area (Å²) in [5.74, 6) is -3.97. The number of nitrogens with two attached hydrogens (primary N) is 1. The second-order valence-corrected chi connectivity index (χ2v) is 7.71. The van der Waals surface area contributed by atoms with Crippen LogP contribution in [-0.2, 0) is 23.9 Å². The highest BCUT2D eigenvalue weighted by Gasteiger charge is 2.38. The van der Waals surface area contributed by atoms with Gasteiger partial charge in [0, 0.05) is 5.38 Å². The van der Waals surface area contributed by atoms with E-state index in [4.69, 9.17) is 25.4 Å². The lowest BCUT2D eigenvalue weighted by Crippen LogP contribution is -2.54. The second-order valence-electron chi connectivity index (χ2n) is 6.82. The van der Waals surface area contributed by atoms with Crippen LogP contribution in [0, 0.1) is 0 Å². The first kappa shape index (κ1) is 22.6. The van der Waals surface area contributed by atoms with Crippen molar-refractivity contribution < 1.29 is 39.1 Å². The molecule has 1 aliphatic heterocycles. The smallest absolute Gasteiger partial charge is 0.478 e. The van der Waals surface area contributed by atoms with Gasteiger partial charge < -0.3 is 35.8 Å². The highest BCUT2D eigenvalue weighted by molar-refractivity contribution is 7.13. The van der Waals surface area contributed by atoms with Crippen molar-refractivity contribution in [2.45, 2.75) is 50.8 Å². The molecule has 1 saturated heterocycles. The van der Waals surface area contributed by atoms with Gasteiger partial charge in [0.2, 0.25) is 5.60 Å². The predicted octanol–water partition coefficient (Wildman–Crippen LogP) is -0.533. The quantitative estimate of drug-likeness (QED) is 0.204. The van der Waals surface area contributed by atoms with Crippen LogP contribution in [-0.4, -0.2) is 68.5 Å². The lowest BCUT2D eigenvalue weighted by molar-refractivity contribution is -0.161. The minimum absolute atomic E-state index is 0.0705. The molecule has 2 unspecified atom stereocenters. The molecule has 1 fully saturated rings. The summed E-state index contributed by atoms with van der Waals surface area (Å²) in [6, 6.07) is 0. The number of aromatic nitrogens is 1. The Morgan fingerprint density at radius 3 is 2.66 bits per heavy atom. The maximum Gasteiger partial charge on any atom is 0.478 e. The summed E-state index contributed by atoms with van der Waals surface area (Å²) in [5.41, 5.74) is 3.63. The van der Waals surface area contributed by atoms with Gasteiger partial charge in [-0.2, -0.15) is 0 Å². The van der Waals surface area contributed by atoms with Crippen molar-refractivity contribution in [3.05, 3.63) is 11.1 Å². The van der Waals surface area contributed by atoms with Crippen molar-refractivity contribution in [2.75, 3.05) is 5.73 Å².